The number of aromatic nitrogens is 2. The maximum Gasteiger partial charge on any atom is 0.272 e. The van der Waals surface area contributed by atoms with Gasteiger partial charge in [-0.15, -0.1) is 0 Å². The third kappa shape index (κ3) is 3.52. The van der Waals surface area contributed by atoms with Crippen LogP contribution in [0.2, 0.25) is 0 Å². The van der Waals surface area contributed by atoms with Crippen molar-refractivity contribution in [1.82, 2.24) is 14.9 Å². The van der Waals surface area contributed by atoms with E-state index in [9.17, 15) is 9.59 Å². The van der Waals surface area contributed by atoms with Gasteiger partial charge in [0.2, 0.25) is 11.8 Å². The zero-order valence-corrected chi connectivity index (χ0v) is 14.8. The minimum Gasteiger partial charge on any atom is -0.436 e. The molecule has 3 heterocycles. The number of benzene rings is 1. The van der Waals surface area contributed by atoms with Gasteiger partial charge < -0.3 is 20.4 Å². The first-order valence-electron chi connectivity index (χ1n) is 8.69. The first-order valence-corrected chi connectivity index (χ1v) is 8.69. The topological polar surface area (TPSA) is 114 Å². The highest BCUT2D eigenvalue weighted by molar-refractivity contribution is 5.94. The highest BCUT2D eigenvalue weighted by atomic mass is 16.3. The van der Waals surface area contributed by atoms with Crippen LogP contribution in [0.3, 0.4) is 0 Å². The van der Waals surface area contributed by atoms with Crippen molar-refractivity contribution >= 4 is 28.6 Å². The zero-order chi connectivity index (χ0) is 19.0. The number of likely N-dealkylation sites (tertiary alicyclic amines) is 1. The molecule has 2 amide bonds. The second-order valence-electron chi connectivity index (χ2n) is 6.61. The summed E-state index contributed by atoms with van der Waals surface area (Å²) in [4.78, 5) is 34.2. The van der Waals surface area contributed by atoms with Crippen molar-refractivity contribution in [3.8, 4) is 11.5 Å². The van der Waals surface area contributed by atoms with E-state index < -0.39 is 0 Å². The number of rotatable bonds is 3. The zero-order valence-electron chi connectivity index (χ0n) is 14.8. The van der Waals surface area contributed by atoms with Crippen LogP contribution in [0.1, 0.15) is 23.8 Å². The van der Waals surface area contributed by atoms with Gasteiger partial charge in [-0.1, -0.05) is 0 Å². The smallest absolute Gasteiger partial charge is 0.272 e. The lowest BCUT2D eigenvalue weighted by Crippen LogP contribution is -2.32. The standard InChI is InChI=1S/C19H19N5O3/c1-11(25)22-14-2-3-17-15(9-14)23-18(27-17)12-4-6-21-16(8-12)19(26)24-7-5-13(20)10-24/h2-4,6,8-9,13H,5,7,10,20H2,1H3,(H,22,25)/t13-/m1/s1. The SMILES string of the molecule is CC(=O)Nc1ccc2oc(-c3ccnc(C(=O)N4CC[C@@H](N)C4)c3)nc2c1. The number of fused-ring (bicyclic) bond motifs is 1. The van der Waals surface area contributed by atoms with Crippen molar-refractivity contribution in [1.29, 1.82) is 0 Å². The second kappa shape index (κ2) is 6.81. The van der Waals surface area contributed by atoms with Crippen LogP contribution in [0.25, 0.3) is 22.6 Å². The summed E-state index contributed by atoms with van der Waals surface area (Å²) >= 11 is 0. The molecule has 1 aromatic carbocycles. The maximum absolute atomic E-state index is 12.6. The van der Waals surface area contributed by atoms with Crippen LogP contribution in [-0.2, 0) is 4.79 Å². The van der Waals surface area contributed by atoms with Gasteiger partial charge in [-0.3, -0.25) is 14.6 Å². The van der Waals surface area contributed by atoms with Gasteiger partial charge in [0.1, 0.15) is 11.2 Å². The van der Waals surface area contributed by atoms with Crippen molar-refractivity contribution in [3.63, 3.8) is 0 Å². The Balaban J connectivity index is 1.63. The Bertz CT molecular complexity index is 1030. The van der Waals surface area contributed by atoms with E-state index in [-0.39, 0.29) is 17.9 Å². The lowest BCUT2D eigenvalue weighted by Gasteiger charge is -2.15. The maximum atomic E-state index is 12.6. The summed E-state index contributed by atoms with van der Waals surface area (Å²) in [7, 11) is 0. The first-order chi connectivity index (χ1) is 13.0. The van der Waals surface area contributed by atoms with Crippen LogP contribution in [0.5, 0.6) is 0 Å². The molecule has 0 radical (unpaired) electrons. The molecule has 4 rings (SSSR count). The van der Waals surface area contributed by atoms with Crippen LogP contribution in [0.4, 0.5) is 5.69 Å². The summed E-state index contributed by atoms with van der Waals surface area (Å²) in [5.41, 5.74) is 8.73. The number of nitrogens with one attached hydrogen (secondary N) is 1. The number of hydrogen-bond donors (Lipinski definition) is 2. The molecule has 8 heteroatoms. The molecule has 1 aliphatic rings. The Hall–Kier alpha value is -3.26. The van der Waals surface area contributed by atoms with Crippen LogP contribution in [-0.4, -0.2) is 45.8 Å². The molecule has 3 N–H and O–H groups in total. The Morgan fingerprint density at radius 2 is 2.15 bits per heavy atom. The molecule has 138 valence electrons. The van der Waals surface area contributed by atoms with E-state index in [1.54, 1.807) is 41.4 Å². The minimum atomic E-state index is -0.156. The number of nitrogens with zero attached hydrogens (tertiary/aromatic N) is 3. The predicted molar refractivity (Wildman–Crippen MR) is 100 cm³/mol. The van der Waals surface area contributed by atoms with Gasteiger partial charge in [-0.05, 0) is 36.8 Å². The fourth-order valence-electron chi connectivity index (χ4n) is 3.15. The van der Waals surface area contributed by atoms with Gasteiger partial charge in [0.15, 0.2) is 5.58 Å². The molecular weight excluding hydrogens is 346 g/mol. The van der Waals surface area contributed by atoms with Crippen molar-refractivity contribution in [2.24, 2.45) is 5.73 Å². The van der Waals surface area contributed by atoms with E-state index in [4.69, 9.17) is 10.2 Å². The number of pyridine rings is 1. The number of carbonyl (C=O) groups is 2. The number of amides is 2. The van der Waals surface area contributed by atoms with Gasteiger partial charge in [-0.2, -0.15) is 0 Å². The number of carbonyl (C=O) groups excluding carboxylic acids is 2. The Morgan fingerprint density at radius 1 is 1.30 bits per heavy atom. The monoisotopic (exact) mass is 365 g/mol. The number of hydrogen-bond acceptors (Lipinski definition) is 6. The average molecular weight is 365 g/mol. The van der Waals surface area contributed by atoms with E-state index >= 15 is 0 Å². The molecule has 1 atom stereocenters. The van der Waals surface area contributed by atoms with Crippen molar-refractivity contribution in [3.05, 3.63) is 42.2 Å². The molecule has 27 heavy (non-hydrogen) atoms. The van der Waals surface area contributed by atoms with E-state index in [2.05, 4.69) is 15.3 Å². The Morgan fingerprint density at radius 3 is 2.89 bits per heavy atom. The van der Waals surface area contributed by atoms with Gasteiger partial charge in [0, 0.05) is 43.5 Å². The molecule has 8 nitrogen and oxygen atoms in total. The average Bonchev–Trinajstić information content (AvgIpc) is 3.26. The summed E-state index contributed by atoms with van der Waals surface area (Å²) < 4.78 is 5.79. The van der Waals surface area contributed by atoms with E-state index in [0.29, 0.717) is 47.0 Å². The van der Waals surface area contributed by atoms with Gasteiger partial charge in [-0.25, -0.2) is 4.98 Å². The summed E-state index contributed by atoms with van der Waals surface area (Å²) in [6, 6.07) is 8.67. The fraction of sp³-hybridized carbons (Fsp3) is 0.263. The summed E-state index contributed by atoms with van der Waals surface area (Å²) in [5, 5.41) is 2.71. The van der Waals surface area contributed by atoms with Crippen LogP contribution >= 0.6 is 0 Å². The van der Waals surface area contributed by atoms with Crippen LogP contribution < -0.4 is 11.1 Å². The third-order valence-corrected chi connectivity index (χ3v) is 4.45. The molecule has 1 aliphatic heterocycles. The Labute approximate surface area is 155 Å². The summed E-state index contributed by atoms with van der Waals surface area (Å²) in [5.74, 6) is 0.0883. The molecule has 0 aliphatic carbocycles. The third-order valence-electron chi connectivity index (χ3n) is 4.45. The molecule has 1 fully saturated rings. The largest absolute Gasteiger partial charge is 0.436 e. The molecule has 3 aromatic rings. The highest BCUT2D eigenvalue weighted by Gasteiger charge is 2.25. The van der Waals surface area contributed by atoms with Crippen LogP contribution in [0.15, 0.2) is 40.9 Å². The number of nitrogens with two attached hydrogens (primary N) is 1. The summed E-state index contributed by atoms with van der Waals surface area (Å²) in [6.07, 6.45) is 2.36. The molecule has 1 saturated heterocycles. The first kappa shape index (κ1) is 17.2. The van der Waals surface area contributed by atoms with Crippen LogP contribution in [0, 0.1) is 0 Å². The molecule has 0 bridgehead atoms. The lowest BCUT2D eigenvalue weighted by atomic mass is 10.2. The van der Waals surface area contributed by atoms with Gasteiger partial charge >= 0.3 is 0 Å². The van der Waals surface area contributed by atoms with Gasteiger partial charge in [0.05, 0.1) is 0 Å². The van der Waals surface area contributed by atoms with Crippen molar-refractivity contribution in [2.45, 2.75) is 19.4 Å². The molecule has 0 unspecified atom stereocenters. The van der Waals surface area contributed by atoms with Gasteiger partial charge in [0.25, 0.3) is 5.91 Å². The fourth-order valence-corrected chi connectivity index (χ4v) is 3.15. The Kier molecular flexibility index (Phi) is 4.33. The number of anilines is 1. The molecule has 2 aromatic heterocycles. The quantitative estimate of drug-likeness (QED) is 0.734. The molecule has 0 saturated carbocycles. The predicted octanol–water partition coefficient (Wildman–Crippen LogP) is 2.02. The van der Waals surface area contributed by atoms with E-state index in [0.717, 1.165) is 6.42 Å². The van der Waals surface area contributed by atoms with Crippen molar-refractivity contribution in [2.75, 3.05) is 18.4 Å². The normalized spacial score (nSPS) is 16.7. The van der Waals surface area contributed by atoms with E-state index in [1.165, 1.54) is 6.92 Å². The van der Waals surface area contributed by atoms with Crippen molar-refractivity contribution < 1.29 is 14.0 Å². The summed E-state index contributed by atoms with van der Waals surface area (Å²) in [6.45, 7) is 2.63. The molecular formula is C19H19N5O3. The highest BCUT2D eigenvalue weighted by Crippen LogP contribution is 2.26. The number of oxazole rings is 1. The van der Waals surface area contributed by atoms with E-state index in [1.807, 2.05) is 0 Å². The molecule has 0 spiro atoms. The lowest BCUT2D eigenvalue weighted by molar-refractivity contribution is -0.114. The minimum absolute atomic E-state index is 0.0204. The second-order valence-corrected chi connectivity index (χ2v) is 6.61.